The average molecular weight is 309 g/mol. The highest BCUT2D eigenvalue weighted by Gasteiger charge is 2.36. The second-order valence-corrected chi connectivity index (χ2v) is 5.70. The summed E-state index contributed by atoms with van der Waals surface area (Å²) < 4.78 is 43.6. The molecule has 2 unspecified atom stereocenters. The highest BCUT2D eigenvalue weighted by molar-refractivity contribution is 7.11. The second-order valence-electron chi connectivity index (χ2n) is 4.63. The van der Waals surface area contributed by atoms with Crippen LogP contribution < -0.4 is 5.32 Å². The number of halogens is 3. The van der Waals surface area contributed by atoms with Gasteiger partial charge in [-0.3, -0.25) is 4.90 Å². The van der Waals surface area contributed by atoms with Crippen LogP contribution in [0.5, 0.6) is 0 Å². The predicted molar refractivity (Wildman–Crippen MR) is 70.8 cm³/mol. The van der Waals surface area contributed by atoms with Crippen molar-refractivity contribution in [1.29, 1.82) is 0 Å². The fourth-order valence-corrected chi connectivity index (χ4v) is 3.24. The Morgan fingerprint density at radius 1 is 1.60 bits per heavy atom. The van der Waals surface area contributed by atoms with E-state index in [2.05, 4.69) is 22.1 Å². The van der Waals surface area contributed by atoms with E-state index in [4.69, 9.17) is 4.74 Å². The Labute approximate surface area is 119 Å². The molecule has 0 radical (unpaired) electrons. The van der Waals surface area contributed by atoms with Crippen LogP contribution in [0, 0.1) is 0 Å². The maximum Gasteiger partial charge on any atom is 0.443 e. The van der Waals surface area contributed by atoms with Gasteiger partial charge in [-0.1, -0.05) is 6.92 Å². The Balaban J connectivity index is 2.13. The SMILES string of the molecule is CCN1CCOC(C(NC)c2cnc(C(F)(F)F)s2)C1. The van der Waals surface area contributed by atoms with Gasteiger partial charge in [0.05, 0.1) is 18.8 Å². The first-order valence-electron chi connectivity index (χ1n) is 6.49. The number of nitrogens with zero attached hydrogens (tertiary/aromatic N) is 2. The van der Waals surface area contributed by atoms with Gasteiger partial charge in [-0.2, -0.15) is 13.2 Å². The van der Waals surface area contributed by atoms with Crippen molar-refractivity contribution in [2.24, 2.45) is 0 Å². The number of aromatic nitrogens is 1. The van der Waals surface area contributed by atoms with E-state index >= 15 is 0 Å². The summed E-state index contributed by atoms with van der Waals surface area (Å²) in [5.74, 6) is 0. The molecule has 1 fully saturated rings. The number of nitrogens with one attached hydrogen (secondary N) is 1. The summed E-state index contributed by atoms with van der Waals surface area (Å²) >= 11 is 0.678. The van der Waals surface area contributed by atoms with Crippen LogP contribution in [0.3, 0.4) is 0 Å². The molecule has 1 saturated heterocycles. The van der Waals surface area contributed by atoms with Crippen molar-refractivity contribution in [3.63, 3.8) is 0 Å². The molecule has 0 amide bonds. The summed E-state index contributed by atoms with van der Waals surface area (Å²) in [4.78, 5) is 6.26. The van der Waals surface area contributed by atoms with Crippen LogP contribution in [0.1, 0.15) is 22.9 Å². The highest BCUT2D eigenvalue weighted by Crippen LogP contribution is 2.35. The molecule has 0 saturated carbocycles. The molecule has 2 atom stereocenters. The highest BCUT2D eigenvalue weighted by atomic mass is 32.1. The third kappa shape index (κ3) is 3.49. The summed E-state index contributed by atoms with van der Waals surface area (Å²) in [6.07, 6.45) is -3.25. The number of rotatable bonds is 4. The van der Waals surface area contributed by atoms with Crippen LogP contribution in [0.15, 0.2) is 6.20 Å². The van der Waals surface area contributed by atoms with E-state index in [0.29, 0.717) is 29.4 Å². The minimum absolute atomic E-state index is 0.157. The van der Waals surface area contributed by atoms with Crippen molar-refractivity contribution < 1.29 is 17.9 Å². The van der Waals surface area contributed by atoms with Gasteiger partial charge in [0.2, 0.25) is 0 Å². The Kier molecular flexibility index (Phi) is 5.00. The molecule has 1 aromatic rings. The molecule has 114 valence electrons. The zero-order chi connectivity index (χ0) is 14.8. The molecule has 4 nitrogen and oxygen atoms in total. The molecule has 0 spiro atoms. The third-order valence-corrected chi connectivity index (χ3v) is 4.51. The number of ether oxygens (including phenoxy) is 1. The van der Waals surface area contributed by atoms with Crippen molar-refractivity contribution in [2.75, 3.05) is 33.3 Å². The van der Waals surface area contributed by atoms with E-state index in [0.717, 1.165) is 13.1 Å². The molecular weight excluding hydrogens is 291 g/mol. The van der Waals surface area contributed by atoms with Crippen molar-refractivity contribution in [3.05, 3.63) is 16.1 Å². The molecule has 1 aliphatic rings. The standard InChI is InChI=1S/C12H18F3N3OS/c1-3-18-4-5-19-8(7-18)10(16-2)9-6-17-11(20-9)12(13,14)15/h6,8,10,16H,3-5,7H2,1-2H3. The van der Waals surface area contributed by atoms with Gasteiger partial charge >= 0.3 is 6.18 Å². The lowest BCUT2D eigenvalue weighted by Crippen LogP contribution is -2.47. The van der Waals surface area contributed by atoms with Gasteiger partial charge in [0, 0.05) is 24.2 Å². The van der Waals surface area contributed by atoms with Crippen LogP contribution in [0.2, 0.25) is 0 Å². The fourth-order valence-electron chi connectivity index (χ4n) is 2.29. The minimum atomic E-state index is -4.38. The Morgan fingerprint density at radius 2 is 2.35 bits per heavy atom. The predicted octanol–water partition coefficient (Wildman–Crippen LogP) is 2.14. The maximum atomic E-state index is 12.6. The van der Waals surface area contributed by atoms with E-state index in [1.165, 1.54) is 6.20 Å². The molecular formula is C12H18F3N3OS. The fraction of sp³-hybridized carbons (Fsp3) is 0.750. The molecule has 0 bridgehead atoms. The van der Waals surface area contributed by atoms with Crippen molar-refractivity contribution in [2.45, 2.75) is 25.2 Å². The van der Waals surface area contributed by atoms with Crippen LogP contribution >= 0.6 is 11.3 Å². The average Bonchev–Trinajstić information content (AvgIpc) is 2.89. The van der Waals surface area contributed by atoms with Gasteiger partial charge in [-0.15, -0.1) is 11.3 Å². The molecule has 20 heavy (non-hydrogen) atoms. The topological polar surface area (TPSA) is 37.4 Å². The Morgan fingerprint density at radius 3 is 2.90 bits per heavy atom. The summed E-state index contributed by atoms with van der Waals surface area (Å²) in [6.45, 7) is 5.14. The van der Waals surface area contributed by atoms with Gasteiger partial charge in [0.15, 0.2) is 5.01 Å². The lowest BCUT2D eigenvalue weighted by Gasteiger charge is -2.36. The van der Waals surface area contributed by atoms with Gasteiger partial charge < -0.3 is 10.1 Å². The molecule has 0 aliphatic carbocycles. The van der Waals surface area contributed by atoms with Crippen molar-refractivity contribution in [1.82, 2.24) is 15.2 Å². The van der Waals surface area contributed by atoms with E-state index in [9.17, 15) is 13.2 Å². The van der Waals surface area contributed by atoms with Gasteiger partial charge in [0.1, 0.15) is 0 Å². The van der Waals surface area contributed by atoms with Crippen molar-refractivity contribution >= 4 is 11.3 Å². The van der Waals surface area contributed by atoms with E-state index in [1.54, 1.807) is 7.05 Å². The molecule has 1 N–H and O–H groups in total. The second kappa shape index (κ2) is 6.38. The Bertz CT molecular complexity index is 438. The number of hydrogen-bond acceptors (Lipinski definition) is 5. The van der Waals surface area contributed by atoms with Crippen LogP contribution in [0.4, 0.5) is 13.2 Å². The number of hydrogen-bond donors (Lipinski definition) is 1. The first-order valence-corrected chi connectivity index (χ1v) is 7.31. The molecule has 1 aromatic heterocycles. The monoisotopic (exact) mass is 309 g/mol. The normalized spacial score (nSPS) is 22.9. The number of morpholine rings is 1. The number of alkyl halides is 3. The largest absolute Gasteiger partial charge is 0.443 e. The molecule has 2 rings (SSSR count). The number of likely N-dealkylation sites (N-methyl/N-ethyl adjacent to an activating group) is 2. The smallest absolute Gasteiger partial charge is 0.374 e. The van der Waals surface area contributed by atoms with E-state index < -0.39 is 11.2 Å². The summed E-state index contributed by atoms with van der Waals surface area (Å²) in [5, 5.41) is 2.24. The van der Waals surface area contributed by atoms with Crippen LogP contribution in [0.25, 0.3) is 0 Å². The van der Waals surface area contributed by atoms with Crippen molar-refractivity contribution in [3.8, 4) is 0 Å². The lowest BCUT2D eigenvalue weighted by molar-refractivity contribution is -0.137. The van der Waals surface area contributed by atoms with E-state index in [-0.39, 0.29) is 12.1 Å². The quantitative estimate of drug-likeness (QED) is 0.925. The summed E-state index contributed by atoms with van der Waals surface area (Å²) in [5.41, 5.74) is 0. The third-order valence-electron chi connectivity index (χ3n) is 3.38. The van der Waals surface area contributed by atoms with Gasteiger partial charge in [-0.05, 0) is 13.6 Å². The Hall–Kier alpha value is -0.700. The maximum absolute atomic E-state index is 12.6. The first-order chi connectivity index (χ1) is 9.45. The number of thiazole rings is 1. The first kappa shape index (κ1) is 15.7. The van der Waals surface area contributed by atoms with Crippen LogP contribution in [-0.4, -0.2) is 49.3 Å². The lowest BCUT2D eigenvalue weighted by atomic mass is 10.1. The van der Waals surface area contributed by atoms with Crippen LogP contribution in [-0.2, 0) is 10.9 Å². The molecule has 8 heteroatoms. The minimum Gasteiger partial charge on any atom is -0.374 e. The molecule has 2 heterocycles. The van der Waals surface area contributed by atoms with Gasteiger partial charge in [-0.25, -0.2) is 4.98 Å². The zero-order valence-corrected chi connectivity index (χ0v) is 12.2. The molecule has 1 aliphatic heterocycles. The van der Waals surface area contributed by atoms with E-state index in [1.807, 2.05) is 0 Å². The van der Waals surface area contributed by atoms with Gasteiger partial charge in [0.25, 0.3) is 0 Å². The molecule has 0 aromatic carbocycles. The summed E-state index contributed by atoms with van der Waals surface area (Å²) in [6, 6.07) is -0.266. The summed E-state index contributed by atoms with van der Waals surface area (Å²) in [7, 11) is 1.73. The zero-order valence-electron chi connectivity index (χ0n) is 11.4.